The number of hydrogen-bond donors (Lipinski definition) is 4. The molecule has 86 valence electrons. The molecule has 1 atom stereocenters. The highest BCUT2D eigenvalue weighted by Gasteiger charge is 2.21. The molecule has 1 unspecified atom stereocenters. The number of carbonyl (C=O) groups is 1. The van der Waals surface area contributed by atoms with Gasteiger partial charge in [0.25, 0.3) is 0 Å². The van der Waals surface area contributed by atoms with Crippen LogP contribution in [0.3, 0.4) is 0 Å². The van der Waals surface area contributed by atoms with Gasteiger partial charge in [-0.25, -0.2) is 5.84 Å². The van der Waals surface area contributed by atoms with Gasteiger partial charge in [-0.15, -0.1) is 0 Å². The minimum absolute atomic E-state index is 0.0671. The zero-order valence-electron chi connectivity index (χ0n) is 9.05. The van der Waals surface area contributed by atoms with Crippen LogP contribution < -0.4 is 21.9 Å². The maximum Gasteiger partial charge on any atom is 0.222 e. The SMILES string of the molecule is CCCCN=C(NN)NC1CNC(=O)C1. The maximum atomic E-state index is 10.9. The third kappa shape index (κ3) is 4.16. The average molecular weight is 213 g/mol. The number of nitrogens with two attached hydrogens (primary N) is 1. The lowest BCUT2D eigenvalue weighted by Crippen LogP contribution is -2.47. The maximum absolute atomic E-state index is 10.9. The lowest BCUT2D eigenvalue weighted by atomic mass is 10.2. The van der Waals surface area contributed by atoms with E-state index in [1.807, 2.05) is 0 Å². The van der Waals surface area contributed by atoms with E-state index in [1.54, 1.807) is 0 Å². The third-order valence-corrected chi connectivity index (χ3v) is 2.24. The molecule has 0 aliphatic carbocycles. The summed E-state index contributed by atoms with van der Waals surface area (Å²) in [6.07, 6.45) is 2.62. The van der Waals surface area contributed by atoms with Crippen molar-refractivity contribution in [3.63, 3.8) is 0 Å². The molecular formula is C9H19N5O. The fourth-order valence-corrected chi connectivity index (χ4v) is 1.38. The molecule has 1 aliphatic rings. The van der Waals surface area contributed by atoms with Gasteiger partial charge in [-0.2, -0.15) is 0 Å². The first-order chi connectivity index (χ1) is 7.26. The fraction of sp³-hybridized carbons (Fsp3) is 0.778. The molecule has 1 aliphatic heterocycles. The van der Waals surface area contributed by atoms with Gasteiger partial charge in [-0.3, -0.25) is 15.2 Å². The standard InChI is InChI=1S/C9H19N5O/c1-2-3-4-11-9(14-10)13-7-5-8(15)12-6-7/h7H,2-6,10H2,1H3,(H,12,15)(H2,11,13,14). The van der Waals surface area contributed by atoms with E-state index in [0.29, 0.717) is 18.9 Å². The summed E-state index contributed by atoms with van der Waals surface area (Å²) in [6, 6.07) is 0.0916. The van der Waals surface area contributed by atoms with Crippen LogP contribution >= 0.6 is 0 Å². The van der Waals surface area contributed by atoms with E-state index in [1.165, 1.54) is 0 Å². The molecule has 1 fully saturated rings. The number of carbonyl (C=O) groups excluding carboxylic acids is 1. The number of amides is 1. The molecule has 0 aromatic carbocycles. The fourth-order valence-electron chi connectivity index (χ4n) is 1.38. The van der Waals surface area contributed by atoms with Gasteiger partial charge in [-0.1, -0.05) is 13.3 Å². The number of rotatable bonds is 4. The number of hydrogen-bond acceptors (Lipinski definition) is 3. The normalized spacial score (nSPS) is 21.3. The topological polar surface area (TPSA) is 91.5 Å². The second-order valence-electron chi connectivity index (χ2n) is 3.58. The van der Waals surface area contributed by atoms with Gasteiger partial charge in [0.1, 0.15) is 0 Å². The predicted octanol–water partition coefficient (Wildman–Crippen LogP) is -0.916. The highest BCUT2D eigenvalue weighted by atomic mass is 16.1. The number of aliphatic imine (C=N–C) groups is 1. The van der Waals surface area contributed by atoms with Crippen LogP contribution in [0.5, 0.6) is 0 Å². The van der Waals surface area contributed by atoms with Crippen molar-refractivity contribution >= 4 is 11.9 Å². The second kappa shape index (κ2) is 6.23. The zero-order valence-corrected chi connectivity index (χ0v) is 9.05. The molecule has 0 aromatic heterocycles. The largest absolute Gasteiger partial charge is 0.354 e. The Bertz CT molecular complexity index is 241. The van der Waals surface area contributed by atoms with Crippen molar-refractivity contribution in [2.45, 2.75) is 32.2 Å². The summed E-state index contributed by atoms with van der Waals surface area (Å²) < 4.78 is 0. The lowest BCUT2D eigenvalue weighted by molar-refractivity contribution is -0.119. The Hall–Kier alpha value is -1.30. The Morgan fingerprint density at radius 2 is 2.53 bits per heavy atom. The Kier molecular flexibility index (Phi) is 4.89. The molecule has 0 bridgehead atoms. The summed E-state index contributed by atoms with van der Waals surface area (Å²) in [4.78, 5) is 15.2. The van der Waals surface area contributed by atoms with Crippen LogP contribution in [0, 0.1) is 0 Å². The first-order valence-corrected chi connectivity index (χ1v) is 5.30. The summed E-state index contributed by atoms with van der Waals surface area (Å²) in [5, 5.41) is 5.83. The van der Waals surface area contributed by atoms with Crippen molar-refractivity contribution in [3.05, 3.63) is 0 Å². The number of unbranched alkanes of at least 4 members (excludes halogenated alkanes) is 1. The van der Waals surface area contributed by atoms with Crippen molar-refractivity contribution in [3.8, 4) is 0 Å². The van der Waals surface area contributed by atoms with Gasteiger partial charge in [0.2, 0.25) is 11.9 Å². The van der Waals surface area contributed by atoms with Crippen LogP contribution in [0.25, 0.3) is 0 Å². The lowest BCUT2D eigenvalue weighted by Gasteiger charge is -2.13. The Morgan fingerprint density at radius 3 is 3.07 bits per heavy atom. The van der Waals surface area contributed by atoms with Crippen molar-refractivity contribution in [2.75, 3.05) is 13.1 Å². The Balaban J connectivity index is 2.32. The first-order valence-electron chi connectivity index (χ1n) is 5.30. The molecule has 0 aromatic rings. The van der Waals surface area contributed by atoms with Gasteiger partial charge in [0.05, 0.1) is 6.04 Å². The quantitative estimate of drug-likeness (QED) is 0.160. The summed E-state index contributed by atoms with van der Waals surface area (Å²) >= 11 is 0. The summed E-state index contributed by atoms with van der Waals surface area (Å²) in [6.45, 7) is 3.49. The summed E-state index contributed by atoms with van der Waals surface area (Å²) in [7, 11) is 0. The van der Waals surface area contributed by atoms with Crippen molar-refractivity contribution in [1.29, 1.82) is 0 Å². The highest BCUT2D eigenvalue weighted by Crippen LogP contribution is 1.98. The van der Waals surface area contributed by atoms with E-state index in [-0.39, 0.29) is 11.9 Å². The smallest absolute Gasteiger partial charge is 0.222 e. The van der Waals surface area contributed by atoms with Crippen LogP contribution in [0.15, 0.2) is 4.99 Å². The molecule has 1 heterocycles. The van der Waals surface area contributed by atoms with Gasteiger partial charge in [-0.05, 0) is 6.42 Å². The van der Waals surface area contributed by atoms with Crippen molar-refractivity contribution in [1.82, 2.24) is 16.1 Å². The number of nitrogens with one attached hydrogen (secondary N) is 3. The molecule has 1 rings (SSSR count). The minimum Gasteiger partial charge on any atom is -0.354 e. The highest BCUT2D eigenvalue weighted by molar-refractivity contribution is 5.83. The van der Waals surface area contributed by atoms with Crippen LogP contribution in [0.2, 0.25) is 0 Å². The summed E-state index contributed by atoms with van der Waals surface area (Å²) in [5.41, 5.74) is 2.50. The number of nitrogens with zero attached hydrogens (tertiary/aromatic N) is 1. The van der Waals surface area contributed by atoms with E-state index in [0.717, 1.165) is 19.4 Å². The monoisotopic (exact) mass is 213 g/mol. The molecule has 1 amide bonds. The average Bonchev–Trinajstić information content (AvgIpc) is 2.63. The predicted molar refractivity (Wildman–Crippen MR) is 59.1 cm³/mol. The van der Waals surface area contributed by atoms with E-state index < -0.39 is 0 Å². The van der Waals surface area contributed by atoms with Gasteiger partial charge in [0, 0.05) is 19.5 Å². The molecule has 6 heteroatoms. The second-order valence-corrected chi connectivity index (χ2v) is 3.58. The van der Waals surface area contributed by atoms with Gasteiger partial charge >= 0.3 is 0 Å². The van der Waals surface area contributed by atoms with Crippen molar-refractivity contribution < 1.29 is 4.79 Å². The molecule has 1 saturated heterocycles. The van der Waals surface area contributed by atoms with E-state index in [2.05, 4.69) is 28.0 Å². The molecule has 15 heavy (non-hydrogen) atoms. The molecule has 0 saturated carbocycles. The molecule has 0 spiro atoms. The molecule has 0 radical (unpaired) electrons. The van der Waals surface area contributed by atoms with Crippen LogP contribution in [0.1, 0.15) is 26.2 Å². The Morgan fingerprint density at radius 1 is 1.73 bits per heavy atom. The number of hydrazine groups is 1. The zero-order chi connectivity index (χ0) is 11.1. The Labute approximate surface area is 89.7 Å². The molecular weight excluding hydrogens is 194 g/mol. The third-order valence-electron chi connectivity index (χ3n) is 2.24. The van der Waals surface area contributed by atoms with Crippen LogP contribution in [-0.4, -0.2) is 31.0 Å². The van der Waals surface area contributed by atoms with E-state index in [9.17, 15) is 4.79 Å². The number of guanidine groups is 1. The molecule has 6 nitrogen and oxygen atoms in total. The molecule has 5 N–H and O–H groups in total. The van der Waals surface area contributed by atoms with Crippen molar-refractivity contribution in [2.24, 2.45) is 10.8 Å². The van der Waals surface area contributed by atoms with Gasteiger partial charge < -0.3 is 10.6 Å². The first kappa shape index (κ1) is 11.8. The minimum atomic E-state index is 0.0671. The van der Waals surface area contributed by atoms with E-state index >= 15 is 0 Å². The van der Waals surface area contributed by atoms with Crippen LogP contribution in [0.4, 0.5) is 0 Å². The van der Waals surface area contributed by atoms with Gasteiger partial charge in [0.15, 0.2) is 0 Å². The summed E-state index contributed by atoms with van der Waals surface area (Å²) in [5.74, 6) is 5.95. The van der Waals surface area contributed by atoms with Crippen LogP contribution in [-0.2, 0) is 4.79 Å². The van der Waals surface area contributed by atoms with E-state index in [4.69, 9.17) is 5.84 Å².